The van der Waals surface area contributed by atoms with Gasteiger partial charge >= 0.3 is 0 Å². The zero-order valence-corrected chi connectivity index (χ0v) is 18.1. The van der Waals surface area contributed by atoms with Crippen LogP contribution in [0.3, 0.4) is 0 Å². The second kappa shape index (κ2) is 8.46. The molecule has 31 heavy (non-hydrogen) atoms. The predicted octanol–water partition coefficient (Wildman–Crippen LogP) is 4.76. The molecule has 1 N–H and O–H groups in total. The standard InChI is InChI=1S/C25H27NO5/c1-4-5-12-26-22(17-8-6-16(7-9-17)15(2)3)21(24(28)25(26)29)23(27)18-10-11-19-20(13-18)31-14-30-19/h6-11,13,15,22,27H,4-5,12,14H2,1-3H3/b23-21-. The monoisotopic (exact) mass is 421 g/mol. The molecule has 1 atom stereocenters. The van der Waals surface area contributed by atoms with Crippen LogP contribution in [-0.2, 0) is 9.59 Å². The van der Waals surface area contributed by atoms with E-state index in [1.54, 1.807) is 23.1 Å². The van der Waals surface area contributed by atoms with Crippen LogP contribution in [-0.4, -0.2) is 35.0 Å². The molecule has 6 heteroatoms. The molecule has 0 radical (unpaired) electrons. The van der Waals surface area contributed by atoms with E-state index in [1.165, 1.54) is 5.56 Å². The summed E-state index contributed by atoms with van der Waals surface area (Å²) in [6.45, 7) is 6.83. The summed E-state index contributed by atoms with van der Waals surface area (Å²) in [6, 6.07) is 12.3. The minimum atomic E-state index is -0.663. The van der Waals surface area contributed by atoms with E-state index in [2.05, 4.69) is 13.8 Å². The van der Waals surface area contributed by atoms with Crippen molar-refractivity contribution in [1.82, 2.24) is 4.90 Å². The lowest BCUT2D eigenvalue weighted by molar-refractivity contribution is -0.139. The lowest BCUT2D eigenvalue weighted by atomic mass is 9.93. The topological polar surface area (TPSA) is 76.1 Å². The molecule has 0 aliphatic carbocycles. The number of hydrogen-bond acceptors (Lipinski definition) is 5. The van der Waals surface area contributed by atoms with Crippen molar-refractivity contribution in [2.75, 3.05) is 13.3 Å². The Hall–Kier alpha value is -3.28. The highest BCUT2D eigenvalue weighted by Gasteiger charge is 2.45. The van der Waals surface area contributed by atoms with Crippen LogP contribution >= 0.6 is 0 Å². The second-order valence-electron chi connectivity index (χ2n) is 8.24. The molecule has 2 heterocycles. The van der Waals surface area contributed by atoms with Crippen LogP contribution in [0.1, 0.15) is 62.3 Å². The number of benzene rings is 2. The van der Waals surface area contributed by atoms with E-state index in [1.807, 2.05) is 31.2 Å². The number of fused-ring (bicyclic) bond motifs is 1. The van der Waals surface area contributed by atoms with E-state index in [9.17, 15) is 14.7 Å². The number of hydrogen-bond donors (Lipinski definition) is 1. The van der Waals surface area contributed by atoms with Gasteiger partial charge in [0.05, 0.1) is 11.6 Å². The van der Waals surface area contributed by atoms with Crippen molar-refractivity contribution in [3.8, 4) is 11.5 Å². The molecule has 0 saturated carbocycles. The van der Waals surface area contributed by atoms with Crippen molar-refractivity contribution in [1.29, 1.82) is 0 Å². The maximum Gasteiger partial charge on any atom is 0.295 e. The van der Waals surface area contributed by atoms with Crippen LogP contribution in [0.25, 0.3) is 5.76 Å². The third kappa shape index (κ3) is 3.78. The fraction of sp³-hybridized carbons (Fsp3) is 0.360. The second-order valence-corrected chi connectivity index (χ2v) is 8.24. The summed E-state index contributed by atoms with van der Waals surface area (Å²) in [5, 5.41) is 11.1. The van der Waals surface area contributed by atoms with Gasteiger partial charge < -0.3 is 19.5 Å². The van der Waals surface area contributed by atoms with Gasteiger partial charge in [0.2, 0.25) is 6.79 Å². The number of unbranched alkanes of at least 4 members (excludes halogenated alkanes) is 1. The van der Waals surface area contributed by atoms with Crippen LogP contribution in [0.4, 0.5) is 0 Å². The Morgan fingerprint density at radius 1 is 1.10 bits per heavy atom. The smallest absolute Gasteiger partial charge is 0.295 e. The zero-order chi connectivity index (χ0) is 22.1. The molecule has 2 aromatic rings. The molecule has 1 saturated heterocycles. The molecule has 162 valence electrons. The van der Waals surface area contributed by atoms with Gasteiger partial charge in [0, 0.05) is 12.1 Å². The van der Waals surface area contributed by atoms with Gasteiger partial charge in [-0.3, -0.25) is 9.59 Å². The molecular weight excluding hydrogens is 394 g/mol. The molecule has 4 rings (SSSR count). The summed E-state index contributed by atoms with van der Waals surface area (Å²) in [6.07, 6.45) is 1.67. The normalized spacial score (nSPS) is 19.5. The number of nitrogens with zero attached hydrogens (tertiary/aromatic N) is 1. The van der Waals surface area contributed by atoms with Gasteiger partial charge in [0.25, 0.3) is 11.7 Å². The van der Waals surface area contributed by atoms with E-state index in [-0.39, 0.29) is 18.1 Å². The highest BCUT2D eigenvalue weighted by Crippen LogP contribution is 2.41. The Morgan fingerprint density at radius 2 is 1.81 bits per heavy atom. The van der Waals surface area contributed by atoms with Gasteiger partial charge in [-0.1, -0.05) is 51.5 Å². The molecule has 2 aliphatic rings. The minimum Gasteiger partial charge on any atom is -0.507 e. The summed E-state index contributed by atoms with van der Waals surface area (Å²) in [5.74, 6) is 0.0171. The molecule has 0 spiro atoms. The average molecular weight is 421 g/mol. The minimum absolute atomic E-state index is 0.109. The summed E-state index contributed by atoms with van der Waals surface area (Å²) in [5.41, 5.74) is 2.51. The summed E-state index contributed by atoms with van der Waals surface area (Å²) >= 11 is 0. The maximum absolute atomic E-state index is 13.0. The Kier molecular flexibility index (Phi) is 5.72. The lowest BCUT2D eigenvalue weighted by Gasteiger charge is -2.25. The van der Waals surface area contributed by atoms with E-state index in [4.69, 9.17) is 9.47 Å². The Bertz CT molecular complexity index is 1040. The summed E-state index contributed by atoms with van der Waals surface area (Å²) in [4.78, 5) is 27.5. The quantitative estimate of drug-likeness (QED) is 0.413. The van der Waals surface area contributed by atoms with Crippen LogP contribution in [0.15, 0.2) is 48.0 Å². The van der Waals surface area contributed by atoms with Crippen molar-refractivity contribution in [2.24, 2.45) is 0 Å². The van der Waals surface area contributed by atoms with E-state index >= 15 is 0 Å². The molecule has 0 bridgehead atoms. The predicted molar refractivity (Wildman–Crippen MR) is 117 cm³/mol. The summed E-state index contributed by atoms with van der Waals surface area (Å²) in [7, 11) is 0. The first-order valence-electron chi connectivity index (χ1n) is 10.7. The van der Waals surface area contributed by atoms with Crippen molar-refractivity contribution in [3.05, 3.63) is 64.7 Å². The number of rotatable bonds is 6. The molecule has 2 aliphatic heterocycles. The molecule has 1 fully saturated rings. The van der Waals surface area contributed by atoms with Crippen LogP contribution < -0.4 is 9.47 Å². The number of aliphatic hydroxyl groups is 1. The fourth-order valence-electron chi connectivity index (χ4n) is 4.05. The first-order valence-corrected chi connectivity index (χ1v) is 10.7. The fourth-order valence-corrected chi connectivity index (χ4v) is 4.05. The van der Waals surface area contributed by atoms with Crippen LogP contribution in [0.5, 0.6) is 11.5 Å². The van der Waals surface area contributed by atoms with Crippen molar-refractivity contribution in [3.63, 3.8) is 0 Å². The Labute approximate surface area is 182 Å². The van der Waals surface area contributed by atoms with E-state index in [0.717, 1.165) is 18.4 Å². The largest absolute Gasteiger partial charge is 0.507 e. The zero-order valence-electron chi connectivity index (χ0n) is 18.1. The first kappa shape index (κ1) is 21.0. The first-order chi connectivity index (χ1) is 14.9. The number of amides is 1. The maximum atomic E-state index is 13.0. The molecule has 6 nitrogen and oxygen atoms in total. The SMILES string of the molecule is CCCCN1C(=O)C(=O)/C(=C(\O)c2ccc3c(c2)OCO3)C1c1ccc(C(C)C)cc1. The number of likely N-dealkylation sites (tertiary alicyclic amines) is 1. The Morgan fingerprint density at radius 3 is 2.48 bits per heavy atom. The number of aliphatic hydroxyl groups excluding tert-OH is 1. The van der Waals surface area contributed by atoms with Crippen molar-refractivity contribution in [2.45, 2.75) is 45.6 Å². The van der Waals surface area contributed by atoms with E-state index < -0.39 is 17.7 Å². The molecule has 2 aromatic carbocycles. The van der Waals surface area contributed by atoms with Gasteiger partial charge in [0.1, 0.15) is 5.76 Å². The van der Waals surface area contributed by atoms with Gasteiger partial charge in [-0.25, -0.2) is 0 Å². The molecule has 1 unspecified atom stereocenters. The number of carbonyl (C=O) groups is 2. The van der Waals surface area contributed by atoms with Crippen LogP contribution in [0.2, 0.25) is 0 Å². The lowest BCUT2D eigenvalue weighted by Crippen LogP contribution is -2.30. The highest BCUT2D eigenvalue weighted by atomic mass is 16.7. The van der Waals surface area contributed by atoms with Gasteiger partial charge in [-0.2, -0.15) is 0 Å². The number of ketones is 1. The third-order valence-electron chi connectivity index (χ3n) is 5.86. The third-order valence-corrected chi connectivity index (χ3v) is 5.86. The van der Waals surface area contributed by atoms with Crippen molar-refractivity contribution < 1.29 is 24.2 Å². The molecule has 1 amide bonds. The Balaban J connectivity index is 1.82. The van der Waals surface area contributed by atoms with Gasteiger partial charge in [-0.15, -0.1) is 0 Å². The average Bonchev–Trinajstić information content (AvgIpc) is 3.34. The number of ether oxygens (including phenoxy) is 2. The van der Waals surface area contributed by atoms with E-state index in [0.29, 0.717) is 29.5 Å². The molecular formula is C25H27NO5. The van der Waals surface area contributed by atoms with Gasteiger partial charge in [-0.05, 0) is 41.7 Å². The van der Waals surface area contributed by atoms with Crippen LogP contribution in [0, 0.1) is 0 Å². The summed E-state index contributed by atoms with van der Waals surface area (Å²) < 4.78 is 10.7. The number of carbonyl (C=O) groups excluding carboxylic acids is 2. The highest BCUT2D eigenvalue weighted by molar-refractivity contribution is 6.46. The van der Waals surface area contributed by atoms with Gasteiger partial charge in [0.15, 0.2) is 11.5 Å². The van der Waals surface area contributed by atoms with Crippen molar-refractivity contribution >= 4 is 17.4 Å². The molecule has 0 aromatic heterocycles. The number of Topliss-reactive ketones (excluding diaryl/α,β-unsaturated/α-hetero) is 1.